The average molecular weight is 412 g/mol. The molecular weight excluding hydrogens is 388 g/mol. The number of methoxy groups -OCH3 is 1. The van der Waals surface area contributed by atoms with Crippen molar-refractivity contribution >= 4 is 11.8 Å². The Bertz CT molecular complexity index is 1120. The van der Waals surface area contributed by atoms with Crippen molar-refractivity contribution in [2.24, 2.45) is 0 Å². The number of rotatable bonds is 5. The van der Waals surface area contributed by atoms with Crippen LogP contribution in [-0.4, -0.2) is 26.4 Å². The van der Waals surface area contributed by atoms with E-state index in [0.717, 1.165) is 0 Å². The van der Waals surface area contributed by atoms with Crippen molar-refractivity contribution in [2.45, 2.75) is 12.3 Å². The number of benzene rings is 3. The molecule has 0 aromatic heterocycles. The van der Waals surface area contributed by atoms with Crippen LogP contribution < -0.4 is 15.8 Å². The SMILES string of the molecule is COc1ccc(N)c(C#CCCNC(=O)OCC2c3ccccc3-c3ccccc32)c1. The minimum Gasteiger partial charge on any atom is -0.497 e. The van der Waals surface area contributed by atoms with E-state index in [0.29, 0.717) is 36.6 Å². The molecule has 4 rings (SSSR count). The number of nitrogens with two attached hydrogens (primary N) is 1. The molecule has 3 aromatic rings. The first kappa shape index (κ1) is 20.4. The number of hydrogen-bond acceptors (Lipinski definition) is 4. The molecule has 5 nitrogen and oxygen atoms in total. The molecule has 1 aliphatic rings. The van der Waals surface area contributed by atoms with Gasteiger partial charge in [-0.3, -0.25) is 0 Å². The Morgan fingerprint density at radius 3 is 2.39 bits per heavy atom. The molecule has 0 saturated carbocycles. The van der Waals surface area contributed by atoms with E-state index >= 15 is 0 Å². The number of hydrogen-bond donors (Lipinski definition) is 2. The van der Waals surface area contributed by atoms with Crippen LogP contribution in [0.3, 0.4) is 0 Å². The molecule has 1 aliphatic carbocycles. The van der Waals surface area contributed by atoms with Crippen molar-refractivity contribution in [1.29, 1.82) is 0 Å². The van der Waals surface area contributed by atoms with Crippen molar-refractivity contribution in [3.05, 3.63) is 83.4 Å². The summed E-state index contributed by atoms with van der Waals surface area (Å²) in [5.74, 6) is 6.78. The highest BCUT2D eigenvalue weighted by molar-refractivity contribution is 5.79. The number of carbonyl (C=O) groups excluding carboxylic acids is 1. The molecule has 0 spiro atoms. The first-order chi connectivity index (χ1) is 15.2. The van der Waals surface area contributed by atoms with E-state index in [9.17, 15) is 4.79 Å². The molecule has 0 aliphatic heterocycles. The fourth-order valence-corrected chi connectivity index (χ4v) is 3.80. The molecule has 0 unspecified atom stereocenters. The highest BCUT2D eigenvalue weighted by atomic mass is 16.5. The zero-order valence-corrected chi connectivity index (χ0v) is 17.4. The van der Waals surface area contributed by atoms with Gasteiger partial charge in [-0.25, -0.2) is 4.79 Å². The Morgan fingerprint density at radius 1 is 1.03 bits per heavy atom. The Labute approximate surface area is 182 Å². The predicted octanol–water partition coefficient (Wildman–Crippen LogP) is 4.56. The minimum absolute atomic E-state index is 0.0500. The maximum Gasteiger partial charge on any atom is 0.407 e. The first-order valence-electron chi connectivity index (χ1n) is 10.2. The van der Waals surface area contributed by atoms with Crippen LogP contribution in [0, 0.1) is 11.8 Å². The number of amides is 1. The second-order valence-corrected chi connectivity index (χ2v) is 7.26. The van der Waals surface area contributed by atoms with Crippen molar-refractivity contribution < 1.29 is 14.3 Å². The molecule has 0 heterocycles. The summed E-state index contributed by atoms with van der Waals surface area (Å²) >= 11 is 0. The number of nitrogen functional groups attached to an aromatic ring is 1. The summed E-state index contributed by atoms with van der Waals surface area (Å²) in [7, 11) is 1.60. The Morgan fingerprint density at radius 2 is 1.71 bits per heavy atom. The molecule has 31 heavy (non-hydrogen) atoms. The molecule has 156 valence electrons. The van der Waals surface area contributed by atoms with E-state index in [-0.39, 0.29) is 5.92 Å². The van der Waals surface area contributed by atoms with Gasteiger partial charge in [-0.2, -0.15) is 0 Å². The van der Waals surface area contributed by atoms with Crippen molar-refractivity contribution in [3.63, 3.8) is 0 Å². The van der Waals surface area contributed by atoms with Gasteiger partial charge in [0.1, 0.15) is 12.4 Å². The fourth-order valence-electron chi connectivity index (χ4n) is 3.80. The van der Waals surface area contributed by atoms with Crippen molar-refractivity contribution in [3.8, 4) is 28.7 Å². The molecular formula is C26H24N2O3. The lowest BCUT2D eigenvalue weighted by atomic mass is 9.98. The van der Waals surface area contributed by atoms with Gasteiger partial charge in [-0.15, -0.1) is 0 Å². The summed E-state index contributed by atoms with van der Waals surface area (Å²) in [5.41, 5.74) is 12.0. The second kappa shape index (κ2) is 9.27. The van der Waals surface area contributed by atoms with Gasteiger partial charge in [0.05, 0.1) is 12.7 Å². The smallest absolute Gasteiger partial charge is 0.407 e. The fraction of sp³-hybridized carbons (Fsp3) is 0.192. The quantitative estimate of drug-likeness (QED) is 0.366. The number of anilines is 1. The van der Waals surface area contributed by atoms with E-state index in [1.54, 1.807) is 25.3 Å². The normalized spacial score (nSPS) is 11.6. The van der Waals surface area contributed by atoms with Crippen LogP contribution in [0.1, 0.15) is 29.0 Å². The minimum atomic E-state index is -0.440. The second-order valence-electron chi connectivity index (χ2n) is 7.26. The third-order valence-electron chi connectivity index (χ3n) is 5.35. The van der Waals surface area contributed by atoms with Gasteiger partial charge in [-0.05, 0) is 40.5 Å². The van der Waals surface area contributed by atoms with E-state index in [4.69, 9.17) is 15.2 Å². The molecule has 0 bridgehead atoms. The topological polar surface area (TPSA) is 73.6 Å². The molecule has 0 saturated heterocycles. The largest absolute Gasteiger partial charge is 0.497 e. The van der Waals surface area contributed by atoms with Crippen molar-refractivity contribution in [2.75, 3.05) is 26.0 Å². The van der Waals surface area contributed by atoms with Crippen LogP contribution >= 0.6 is 0 Å². The molecule has 0 atom stereocenters. The molecule has 0 radical (unpaired) electrons. The summed E-state index contributed by atoms with van der Waals surface area (Å²) in [5, 5.41) is 2.76. The van der Waals surface area contributed by atoms with E-state index in [1.807, 2.05) is 24.3 Å². The lowest BCUT2D eigenvalue weighted by Gasteiger charge is -2.14. The summed E-state index contributed by atoms with van der Waals surface area (Å²) in [6.07, 6.45) is 0.0467. The maximum atomic E-state index is 12.2. The number of fused-ring (bicyclic) bond motifs is 3. The van der Waals surface area contributed by atoms with Crippen LogP contribution in [0.25, 0.3) is 11.1 Å². The predicted molar refractivity (Wildman–Crippen MR) is 122 cm³/mol. The van der Waals surface area contributed by atoms with Crippen LogP contribution in [0.4, 0.5) is 10.5 Å². The summed E-state index contributed by atoms with van der Waals surface area (Å²) in [6, 6.07) is 21.9. The number of ether oxygens (including phenoxy) is 2. The van der Waals surface area contributed by atoms with Gasteiger partial charge in [0, 0.05) is 24.6 Å². The van der Waals surface area contributed by atoms with E-state index < -0.39 is 6.09 Å². The van der Waals surface area contributed by atoms with Gasteiger partial charge in [0.15, 0.2) is 0 Å². The van der Waals surface area contributed by atoms with Crippen molar-refractivity contribution in [1.82, 2.24) is 5.32 Å². The van der Waals surface area contributed by atoms with Crippen LogP contribution in [0.15, 0.2) is 66.7 Å². The zero-order valence-electron chi connectivity index (χ0n) is 17.4. The van der Waals surface area contributed by atoms with Gasteiger partial charge < -0.3 is 20.5 Å². The van der Waals surface area contributed by atoms with Gasteiger partial charge in [-0.1, -0.05) is 60.4 Å². The van der Waals surface area contributed by atoms with Gasteiger partial charge >= 0.3 is 6.09 Å². The van der Waals surface area contributed by atoms with Gasteiger partial charge in [0.25, 0.3) is 0 Å². The lowest BCUT2D eigenvalue weighted by molar-refractivity contribution is 0.143. The number of nitrogens with one attached hydrogen (secondary N) is 1. The Kier molecular flexibility index (Phi) is 6.09. The summed E-state index contributed by atoms with van der Waals surface area (Å²) in [4.78, 5) is 12.2. The Hall–Kier alpha value is -3.91. The van der Waals surface area contributed by atoms with Crippen LogP contribution in [0.5, 0.6) is 5.75 Å². The number of alkyl carbamates (subject to hydrolysis) is 1. The van der Waals surface area contributed by atoms with Crippen LogP contribution in [-0.2, 0) is 4.74 Å². The van der Waals surface area contributed by atoms with Crippen LogP contribution in [0.2, 0.25) is 0 Å². The zero-order chi connectivity index (χ0) is 21.6. The van der Waals surface area contributed by atoms with E-state index in [1.165, 1.54) is 22.3 Å². The number of carbonyl (C=O) groups is 1. The molecule has 0 fully saturated rings. The lowest BCUT2D eigenvalue weighted by Crippen LogP contribution is -2.26. The molecule has 3 N–H and O–H groups in total. The maximum absolute atomic E-state index is 12.2. The monoisotopic (exact) mass is 412 g/mol. The molecule has 1 amide bonds. The summed E-state index contributed by atoms with van der Waals surface area (Å²) < 4.78 is 10.7. The highest BCUT2D eigenvalue weighted by Crippen LogP contribution is 2.44. The summed E-state index contributed by atoms with van der Waals surface area (Å²) in [6.45, 7) is 0.694. The third-order valence-corrected chi connectivity index (χ3v) is 5.35. The third kappa shape index (κ3) is 4.49. The standard InChI is InChI=1S/C26H24N2O3/c1-30-19-13-14-25(27)18(16-19)8-6-7-15-28-26(29)31-17-24-22-11-4-2-9-20(22)21-10-3-5-12-23(21)24/h2-5,9-14,16,24H,7,15,17,27H2,1H3,(H,28,29). The highest BCUT2D eigenvalue weighted by Gasteiger charge is 2.28. The Balaban J connectivity index is 1.29. The average Bonchev–Trinajstić information content (AvgIpc) is 3.12. The van der Waals surface area contributed by atoms with E-state index in [2.05, 4.69) is 41.4 Å². The molecule has 3 aromatic carbocycles. The van der Waals surface area contributed by atoms with Gasteiger partial charge in [0.2, 0.25) is 0 Å². The molecule has 5 heteroatoms. The first-order valence-corrected chi connectivity index (χ1v) is 10.2.